The van der Waals surface area contributed by atoms with Gasteiger partial charge in [0.1, 0.15) is 0 Å². The third-order valence-corrected chi connectivity index (χ3v) is 3.34. The molecule has 0 unspecified atom stereocenters. The maximum atomic E-state index is 11.6. The molecule has 0 N–H and O–H groups in total. The number of aryl methyl sites for hydroxylation is 4. The second-order valence-electron chi connectivity index (χ2n) is 5.08. The molecule has 0 aliphatic carbocycles. The van der Waals surface area contributed by atoms with Gasteiger partial charge >= 0.3 is 5.76 Å². The first kappa shape index (κ1) is 14.1. The highest BCUT2D eigenvalue weighted by atomic mass is 16.4. The Morgan fingerprint density at radius 3 is 2.77 bits per heavy atom. The van der Waals surface area contributed by atoms with Gasteiger partial charge in [-0.2, -0.15) is 0 Å². The Morgan fingerprint density at radius 2 is 2.05 bits per heavy atom. The minimum atomic E-state index is -0.366. The number of hydrogen-bond acceptors (Lipinski definition) is 5. The highest BCUT2D eigenvalue weighted by Crippen LogP contribution is 2.18. The van der Waals surface area contributed by atoms with Gasteiger partial charge in [-0.1, -0.05) is 11.8 Å². The van der Waals surface area contributed by atoms with Crippen molar-refractivity contribution in [1.82, 2.24) is 14.8 Å². The Morgan fingerprint density at radius 1 is 1.23 bits per heavy atom. The molecule has 2 heterocycles. The summed E-state index contributed by atoms with van der Waals surface area (Å²) in [6.07, 6.45) is 1.25. The van der Waals surface area contributed by atoms with E-state index in [1.807, 2.05) is 19.1 Å². The van der Waals surface area contributed by atoms with Crippen molar-refractivity contribution >= 4 is 11.1 Å². The van der Waals surface area contributed by atoms with Crippen LogP contribution in [0, 0.1) is 25.7 Å². The van der Waals surface area contributed by atoms with E-state index in [2.05, 4.69) is 22.0 Å². The molecule has 1 aromatic carbocycles. The summed E-state index contributed by atoms with van der Waals surface area (Å²) in [4.78, 5) is 11.6. The van der Waals surface area contributed by atoms with Gasteiger partial charge in [-0.25, -0.2) is 4.79 Å². The van der Waals surface area contributed by atoms with Crippen LogP contribution in [0.15, 0.2) is 25.8 Å². The summed E-state index contributed by atoms with van der Waals surface area (Å²) in [5.41, 5.74) is 3.11. The number of aromatic nitrogens is 3. The molecule has 2 aromatic heterocycles. The third kappa shape index (κ3) is 2.66. The van der Waals surface area contributed by atoms with Gasteiger partial charge in [-0.05, 0) is 24.6 Å². The molecular formula is C16H15N3O3. The minimum absolute atomic E-state index is 0.366. The summed E-state index contributed by atoms with van der Waals surface area (Å²) in [5, 5.41) is 7.70. The van der Waals surface area contributed by atoms with E-state index in [9.17, 15) is 4.79 Å². The van der Waals surface area contributed by atoms with Crippen LogP contribution in [0.4, 0.5) is 0 Å². The lowest BCUT2D eigenvalue weighted by Gasteiger charge is -1.97. The Bertz CT molecular complexity index is 951. The normalized spacial score (nSPS) is 10.7. The maximum absolute atomic E-state index is 11.6. The standard InChI is InChI=1S/C16H15N3O3/c1-10-8-12(9-13-15(10)22-16(20)19(13)3)6-4-5-7-14-18-17-11(2)21-14/h8-9H,5,7H2,1-3H3. The van der Waals surface area contributed by atoms with Gasteiger partial charge in [0.05, 0.1) is 5.52 Å². The molecule has 3 aromatic rings. The zero-order valence-corrected chi connectivity index (χ0v) is 12.6. The van der Waals surface area contributed by atoms with Crippen LogP contribution in [-0.2, 0) is 13.5 Å². The average Bonchev–Trinajstić information content (AvgIpc) is 3.02. The van der Waals surface area contributed by atoms with E-state index in [0.717, 1.165) is 16.6 Å². The topological polar surface area (TPSA) is 74.1 Å². The van der Waals surface area contributed by atoms with Gasteiger partial charge in [0.2, 0.25) is 11.8 Å². The summed E-state index contributed by atoms with van der Waals surface area (Å²) in [7, 11) is 1.68. The van der Waals surface area contributed by atoms with Crippen molar-refractivity contribution in [3.63, 3.8) is 0 Å². The van der Waals surface area contributed by atoms with E-state index < -0.39 is 0 Å². The van der Waals surface area contributed by atoms with Crippen LogP contribution >= 0.6 is 0 Å². The van der Waals surface area contributed by atoms with Crippen molar-refractivity contribution < 1.29 is 8.83 Å². The van der Waals surface area contributed by atoms with Crippen LogP contribution in [0.3, 0.4) is 0 Å². The van der Waals surface area contributed by atoms with E-state index in [4.69, 9.17) is 8.83 Å². The van der Waals surface area contributed by atoms with Crippen molar-refractivity contribution in [2.24, 2.45) is 7.05 Å². The molecule has 0 saturated carbocycles. The van der Waals surface area contributed by atoms with Gasteiger partial charge in [-0.15, -0.1) is 10.2 Å². The SMILES string of the molecule is Cc1nnc(CCC#Cc2cc(C)c3oc(=O)n(C)c3c2)o1. The lowest BCUT2D eigenvalue weighted by molar-refractivity contribution is 0.469. The van der Waals surface area contributed by atoms with Crippen LogP contribution < -0.4 is 5.76 Å². The van der Waals surface area contributed by atoms with Crippen LogP contribution in [-0.4, -0.2) is 14.8 Å². The largest absolute Gasteiger partial charge is 0.426 e. The van der Waals surface area contributed by atoms with Crippen molar-refractivity contribution in [2.45, 2.75) is 26.7 Å². The number of hydrogen-bond donors (Lipinski definition) is 0. The van der Waals surface area contributed by atoms with Crippen LogP contribution in [0.2, 0.25) is 0 Å². The first-order valence-electron chi connectivity index (χ1n) is 6.92. The Hall–Kier alpha value is -2.81. The zero-order chi connectivity index (χ0) is 15.7. The van der Waals surface area contributed by atoms with Crippen molar-refractivity contribution in [3.8, 4) is 11.8 Å². The number of rotatable bonds is 2. The second-order valence-corrected chi connectivity index (χ2v) is 5.08. The second kappa shape index (κ2) is 5.53. The van der Waals surface area contributed by atoms with E-state index in [0.29, 0.717) is 30.2 Å². The van der Waals surface area contributed by atoms with Crippen molar-refractivity contribution in [3.05, 3.63) is 45.6 Å². The van der Waals surface area contributed by atoms with E-state index in [1.54, 1.807) is 14.0 Å². The summed E-state index contributed by atoms with van der Waals surface area (Å²) in [6.45, 7) is 3.66. The molecule has 0 radical (unpaired) electrons. The number of fused-ring (bicyclic) bond motifs is 1. The van der Waals surface area contributed by atoms with E-state index in [-0.39, 0.29) is 5.76 Å². The van der Waals surface area contributed by atoms with E-state index >= 15 is 0 Å². The van der Waals surface area contributed by atoms with Crippen LogP contribution in [0.25, 0.3) is 11.1 Å². The smallest absolute Gasteiger partial charge is 0.419 e. The molecule has 0 amide bonds. The fraction of sp³-hybridized carbons (Fsp3) is 0.312. The highest BCUT2D eigenvalue weighted by Gasteiger charge is 2.09. The van der Waals surface area contributed by atoms with Gasteiger partial charge in [0.25, 0.3) is 0 Å². The summed E-state index contributed by atoms with van der Waals surface area (Å²) >= 11 is 0. The lowest BCUT2D eigenvalue weighted by atomic mass is 10.1. The fourth-order valence-electron chi connectivity index (χ4n) is 2.24. The minimum Gasteiger partial charge on any atom is -0.426 e. The first-order valence-corrected chi connectivity index (χ1v) is 6.92. The highest BCUT2D eigenvalue weighted by molar-refractivity contribution is 5.78. The predicted molar refractivity (Wildman–Crippen MR) is 80.4 cm³/mol. The molecule has 0 bridgehead atoms. The third-order valence-electron chi connectivity index (χ3n) is 3.34. The Balaban J connectivity index is 1.81. The molecule has 0 aliphatic heterocycles. The Labute approximate surface area is 126 Å². The monoisotopic (exact) mass is 297 g/mol. The zero-order valence-electron chi connectivity index (χ0n) is 12.6. The average molecular weight is 297 g/mol. The molecule has 3 rings (SSSR count). The summed E-state index contributed by atoms with van der Waals surface area (Å²) in [5.74, 6) is 6.96. The molecule has 6 nitrogen and oxygen atoms in total. The van der Waals surface area contributed by atoms with E-state index in [1.165, 1.54) is 4.57 Å². The number of oxazole rings is 1. The molecule has 0 aliphatic rings. The molecule has 112 valence electrons. The predicted octanol–water partition coefficient (Wildman–Crippen LogP) is 2.12. The van der Waals surface area contributed by atoms with Gasteiger partial charge < -0.3 is 8.83 Å². The first-order chi connectivity index (χ1) is 10.5. The van der Waals surface area contributed by atoms with Gasteiger partial charge in [-0.3, -0.25) is 4.57 Å². The van der Waals surface area contributed by atoms with Crippen LogP contribution in [0.1, 0.15) is 29.3 Å². The summed E-state index contributed by atoms with van der Waals surface area (Å²) < 4.78 is 12.0. The van der Waals surface area contributed by atoms with Gasteiger partial charge in [0, 0.05) is 32.4 Å². The lowest BCUT2D eigenvalue weighted by Crippen LogP contribution is -2.08. The number of nitrogens with zero attached hydrogens (tertiary/aromatic N) is 3. The molecule has 6 heteroatoms. The molecule has 0 fully saturated rings. The fourth-order valence-corrected chi connectivity index (χ4v) is 2.24. The molecule has 0 spiro atoms. The van der Waals surface area contributed by atoms with Gasteiger partial charge in [0.15, 0.2) is 5.58 Å². The molecule has 22 heavy (non-hydrogen) atoms. The van der Waals surface area contributed by atoms with Crippen molar-refractivity contribution in [1.29, 1.82) is 0 Å². The maximum Gasteiger partial charge on any atom is 0.419 e. The van der Waals surface area contributed by atoms with Crippen LogP contribution in [0.5, 0.6) is 0 Å². The molecule has 0 atom stereocenters. The molecule has 0 saturated heterocycles. The quantitative estimate of drug-likeness (QED) is 0.677. The number of benzene rings is 1. The molecular weight excluding hydrogens is 282 g/mol. The van der Waals surface area contributed by atoms with Crippen molar-refractivity contribution in [2.75, 3.05) is 0 Å². The summed E-state index contributed by atoms with van der Waals surface area (Å²) in [6, 6.07) is 3.77. The Kier molecular flexibility index (Phi) is 3.55.